The SMILES string of the molecule is C[C@@H](NC(=O)COC(=O)COc1ccc(F)cc1)c1ccc2c(c1)CCCC2. The second kappa shape index (κ2) is 9.35. The fourth-order valence-electron chi connectivity index (χ4n) is 3.25. The molecule has 0 saturated heterocycles. The molecule has 1 atom stereocenters. The molecule has 1 aliphatic rings. The number of benzene rings is 2. The van der Waals surface area contributed by atoms with Crippen LogP contribution in [0, 0.1) is 5.82 Å². The molecule has 0 radical (unpaired) electrons. The lowest BCUT2D eigenvalue weighted by Crippen LogP contribution is -2.32. The number of carbonyl (C=O) groups excluding carboxylic acids is 2. The number of amides is 1. The van der Waals surface area contributed by atoms with Crippen LogP contribution in [-0.2, 0) is 27.2 Å². The van der Waals surface area contributed by atoms with Gasteiger partial charge in [-0.2, -0.15) is 0 Å². The molecule has 6 heteroatoms. The van der Waals surface area contributed by atoms with E-state index in [-0.39, 0.29) is 31.0 Å². The quantitative estimate of drug-likeness (QED) is 0.741. The molecule has 0 spiro atoms. The lowest BCUT2D eigenvalue weighted by atomic mass is 9.89. The predicted octanol–water partition coefficient (Wildman–Crippen LogP) is 3.50. The summed E-state index contributed by atoms with van der Waals surface area (Å²) in [5.74, 6) is -1.08. The van der Waals surface area contributed by atoms with Gasteiger partial charge in [-0.1, -0.05) is 18.2 Å². The molecule has 2 aromatic carbocycles. The molecule has 0 aliphatic heterocycles. The summed E-state index contributed by atoms with van der Waals surface area (Å²) in [6.07, 6.45) is 4.63. The van der Waals surface area contributed by atoms with Gasteiger partial charge in [-0.3, -0.25) is 4.79 Å². The third-order valence-electron chi connectivity index (χ3n) is 4.78. The lowest BCUT2D eigenvalue weighted by molar-refractivity contribution is -0.150. The maximum Gasteiger partial charge on any atom is 0.344 e. The van der Waals surface area contributed by atoms with Gasteiger partial charge in [-0.25, -0.2) is 9.18 Å². The molecule has 1 aliphatic carbocycles. The Labute approximate surface area is 163 Å². The number of halogens is 1. The molecule has 1 N–H and O–H groups in total. The zero-order valence-electron chi connectivity index (χ0n) is 15.9. The maximum atomic E-state index is 12.8. The second-order valence-corrected chi connectivity index (χ2v) is 6.93. The molecule has 5 nitrogen and oxygen atoms in total. The van der Waals surface area contributed by atoms with Crippen molar-refractivity contribution in [1.82, 2.24) is 5.32 Å². The number of aryl methyl sites for hydroxylation is 2. The van der Waals surface area contributed by atoms with Gasteiger partial charge >= 0.3 is 5.97 Å². The van der Waals surface area contributed by atoms with E-state index in [4.69, 9.17) is 9.47 Å². The van der Waals surface area contributed by atoms with E-state index < -0.39 is 5.97 Å². The van der Waals surface area contributed by atoms with Crippen molar-refractivity contribution in [2.45, 2.75) is 38.6 Å². The van der Waals surface area contributed by atoms with Crippen LogP contribution in [-0.4, -0.2) is 25.1 Å². The molecule has 0 unspecified atom stereocenters. The molecule has 1 amide bonds. The van der Waals surface area contributed by atoms with Gasteiger partial charge in [0.1, 0.15) is 11.6 Å². The third-order valence-corrected chi connectivity index (χ3v) is 4.78. The van der Waals surface area contributed by atoms with Crippen molar-refractivity contribution in [3.8, 4) is 5.75 Å². The zero-order valence-corrected chi connectivity index (χ0v) is 15.9. The Hall–Kier alpha value is -2.89. The Bertz CT molecular complexity index is 835. The normalized spacial score (nSPS) is 13.9. The van der Waals surface area contributed by atoms with Crippen molar-refractivity contribution in [1.29, 1.82) is 0 Å². The van der Waals surface area contributed by atoms with Crippen LogP contribution in [0.2, 0.25) is 0 Å². The van der Waals surface area contributed by atoms with Crippen LogP contribution in [0.1, 0.15) is 42.5 Å². The molecule has 0 bridgehead atoms. The minimum Gasteiger partial charge on any atom is -0.482 e. The van der Waals surface area contributed by atoms with Crippen LogP contribution in [0.15, 0.2) is 42.5 Å². The number of ether oxygens (including phenoxy) is 2. The Morgan fingerprint density at radius 2 is 1.75 bits per heavy atom. The van der Waals surface area contributed by atoms with Gasteiger partial charge in [-0.15, -0.1) is 0 Å². The molecule has 0 heterocycles. The average Bonchev–Trinajstić information content (AvgIpc) is 2.71. The van der Waals surface area contributed by atoms with Crippen LogP contribution in [0.5, 0.6) is 5.75 Å². The van der Waals surface area contributed by atoms with Gasteiger partial charge in [0.2, 0.25) is 0 Å². The fourth-order valence-corrected chi connectivity index (χ4v) is 3.25. The number of fused-ring (bicyclic) bond motifs is 1. The Morgan fingerprint density at radius 1 is 1.04 bits per heavy atom. The van der Waals surface area contributed by atoms with Crippen molar-refractivity contribution >= 4 is 11.9 Å². The van der Waals surface area contributed by atoms with Gasteiger partial charge in [0.05, 0.1) is 6.04 Å². The highest BCUT2D eigenvalue weighted by atomic mass is 19.1. The van der Waals surface area contributed by atoms with Crippen LogP contribution in [0.3, 0.4) is 0 Å². The van der Waals surface area contributed by atoms with Gasteiger partial charge < -0.3 is 14.8 Å². The number of nitrogens with one attached hydrogen (secondary N) is 1. The molecule has 148 valence electrons. The first kappa shape index (κ1) is 19.9. The summed E-state index contributed by atoms with van der Waals surface area (Å²) in [6.45, 7) is 1.18. The van der Waals surface area contributed by atoms with Crippen molar-refractivity contribution in [2.75, 3.05) is 13.2 Å². The molecular weight excluding hydrogens is 361 g/mol. The van der Waals surface area contributed by atoms with Crippen molar-refractivity contribution < 1.29 is 23.5 Å². The lowest BCUT2D eigenvalue weighted by Gasteiger charge is -2.20. The van der Waals surface area contributed by atoms with Gasteiger partial charge in [0, 0.05) is 0 Å². The Kier molecular flexibility index (Phi) is 6.63. The summed E-state index contributed by atoms with van der Waals surface area (Å²) < 4.78 is 22.9. The minimum absolute atomic E-state index is 0.172. The fraction of sp³-hybridized carbons (Fsp3) is 0.364. The van der Waals surface area contributed by atoms with Gasteiger partial charge in [-0.05, 0) is 73.6 Å². The molecule has 0 aromatic heterocycles. The maximum absolute atomic E-state index is 12.8. The molecule has 3 rings (SSSR count). The van der Waals surface area contributed by atoms with E-state index in [1.807, 2.05) is 13.0 Å². The number of carbonyl (C=O) groups is 2. The molecule has 28 heavy (non-hydrogen) atoms. The average molecular weight is 385 g/mol. The predicted molar refractivity (Wildman–Crippen MR) is 102 cm³/mol. The van der Waals surface area contributed by atoms with Crippen molar-refractivity contribution in [3.05, 3.63) is 65.0 Å². The van der Waals surface area contributed by atoms with Crippen molar-refractivity contribution in [3.63, 3.8) is 0 Å². The summed E-state index contributed by atoms with van der Waals surface area (Å²) in [4.78, 5) is 23.8. The van der Waals surface area contributed by atoms with E-state index in [2.05, 4.69) is 17.4 Å². The Morgan fingerprint density at radius 3 is 2.50 bits per heavy atom. The number of esters is 1. The van der Waals surface area contributed by atoms with Crippen LogP contribution < -0.4 is 10.1 Å². The van der Waals surface area contributed by atoms with E-state index in [9.17, 15) is 14.0 Å². The van der Waals surface area contributed by atoms with Crippen molar-refractivity contribution in [2.24, 2.45) is 0 Å². The summed E-state index contributed by atoms with van der Waals surface area (Å²) in [5.41, 5.74) is 3.79. The molecule has 0 fully saturated rings. The topological polar surface area (TPSA) is 64.6 Å². The summed E-state index contributed by atoms with van der Waals surface area (Å²) >= 11 is 0. The number of rotatable bonds is 7. The first-order valence-electron chi connectivity index (χ1n) is 9.46. The van der Waals surface area contributed by atoms with Crippen LogP contribution >= 0.6 is 0 Å². The first-order chi connectivity index (χ1) is 13.5. The number of hydrogen-bond acceptors (Lipinski definition) is 4. The van der Waals surface area contributed by atoms with E-state index in [0.717, 1.165) is 18.4 Å². The highest BCUT2D eigenvalue weighted by molar-refractivity contribution is 5.81. The summed E-state index contributed by atoms with van der Waals surface area (Å²) in [6, 6.07) is 11.4. The summed E-state index contributed by atoms with van der Waals surface area (Å²) in [7, 11) is 0. The first-order valence-corrected chi connectivity index (χ1v) is 9.46. The largest absolute Gasteiger partial charge is 0.482 e. The standard InChI is InChI=1S/C22H24FNO4/c1-15(17-7-6-16-4-2-3-5-18(16)12-17)24-21(25)13-28-22(26)14-27-20-10-8-19(23)9-11-20/h6-12,15H,2-5,13-14H2,1H3,(H,24,25)/t15-/m1/s1. The molecular formula is C22H24FNO4. The van der Waals surface area contributed by atoms with Crippen LogP contribution in [0.4, 0.5) is 4.39 Å². The van der Waals surface area contributed by atoms with E-state index in [1.54, 1.807) is 0 Å². The highest BCUT2D eigenvalue weighted by Crippen LogP contribution is 2.24. The zero-order chi connectivity index (χ0) is 19.9. The Balaban J connectivity index is 1.42. The second-order valence-electron chi connectivity index (χ2n) is 6.93. The number of hydrogen-bond donors (Lipinski definition) is 1. The third kappa shape index (κ3) is 5.55. The monoisotopic (exact) mass is 385 g/mol. The van der Waals surface area contributed by atoms with E-state index in [0.29, 0.717) is 5.75 Å². The summed E-state index contributed by atoms with van der Waals surface area (Å²) in [5, 5.41) is 2.84. The van der Waals surface area contributed by atoms with E-state index >= 15 is 0 Å². The molecule has 2 aromatic rings. The van der Waals surface area contributed by atoms with Gasteiger partial charge in [0.15, 0.2) is 13.2 Å². The minimum atomic E-state index is -0.666. The highest BCUT2D eigenvalue weighted by Gasteiger charge is 2.15. The van der Waals surface area contributed by atoms with Crippen LogP contribution in [0.25, 0.3) is 0 Å². The van der Waals surface area contributed by atoms with Gasteiger partial charge in [0.25, 0.3) is 5.91 Å². The smallest absolute Gasteiger partial charge is 0.344 e. The van der Waals surface area contributed by atoms with E-state index in [1.165, 1.54) is 48.2 Å². The molecule has 0 saturated carbocycles.